The van der Waals surface area contributed by atoms with Crippen molar-refractivity contribution >= 4 is 21.4 Å². The highest BCUT2D eigenvalue weighted by atomic mass is 32.1. The topological polar surface area (TPSA) is 46.2 Å². The Kier molecular flexibility index (Phi) is 3.99. The number of hydrogen-bond donors (Lipinski definition) is 0. The monoisotopic (exact) mass is 418 g/mol. The van der Waals surface area contributed by atoms with Gasteiger partial charge in [0.1, 0.15) is 19.0 Å². The molecule has 0 bridgehead atoms. The van der Waals surface area contributed by atoms with E-state index in [-0.39, 0.29) is 6.79 Å². The molecule has 30 heavy (non-hydrogen) atoms. The number of thiophene rings is 1. The Bertz CT molecular complexity index is 1260. The first-order valence-electron chi connectivity index (χ1n) is 9.71. The van der Waals surface area contributed by atoms with Crippen molar-refractivity contribution in [3.63, 3.8) is 0 Å². The summed E-state index contributed by atoms with van der Waals surface area (Å²) >= 11 is 1.74. The quantitative estimate of drug-likeness (QED) is 0.424. The summed E-state index contributed by atoms with van der Waals surface area (Å²) in [5.74, 6) is 3.97. The molecule has 4 aromatic rings. The predicted molar refractivity (Wildman–Crippen MR) is 116 cm³/mol. The van der Waals surface area contributed by atoms with Gasteiger partial charge in [0.15, 0.2) is 23.0 Å². The molecule has 0 unspecified atom stereocenters. The Hall–Kier alpha value is -3.38. The van der Waals surface area contributed by atoms with Gasteiger partial charge in [-0.1, -0.05) is 6.07 Å². The van der Waals surface area contributed by atoms with E-state index in [1.54, 1.807) is 18.4 Å². The van der Waals surface area contributed by atoms with Crippen LogP contribution in [0.25, 0.3) is 31.7 Å². The molecule has 2 aliphatic heterocycles. The van der Waals surface area contributed by atoms with Gasteiger partial charge < -0.3 is 23.7 Å². The molecule has 6 rings (SSSR count). The van der Waals surface area contributed by atoms with E-state index < -0.39 is 0 Å². The molecule has 0 amide bonds. The SMILES string of the molecule is COc1ccc(-c2sc3cc4c(cc3c2-c2ccc3c(c2)OCCO3)OCO4)cc1. The van der Waals surface area contributed by atoms with Gasteiger partial charge in [-0.2, -0.15) is 0 Å². The van der Waals surface area contributed by atoms with Crippen LogP contribution in [-0.2, 0) is 0 Å². The Morgan fingerprint density at radius 3 is 2.23 bits per heavy atom. The van der Waals surface area contributed by atoms with Gasteiger partial charge in [0.25, 0.3) is 0 Å². The van der Waals surface area contributed by atoms with Crippen LogP contribution in [0.2, 0.25) is 0 Å². The van der Waals surface area contributed by atoms with Crippen LogP contribution in [0.5, 0.6) is 28.7 Å². The Labute approximate surface area is 177 Å². The zero-order chi connectivity index (χ0) is 20.1. The van der Waals surface area contributed by atoms with E-state index >= 15 is 0 Å². The molecule has 3 aromatic carbocycles. The summed E-state index contributed by atoms with van der Waals surface area (Å²) in [4.78, 5) is 1.17. The molecule has 150 valence electrons. The molecule has 6 heteroatoms. The van der Waals surface area contributed by atoms with E-state index in [1.165, 1.54) is 4.88 Å². The minimum Gasteiger partial charge on any atom is -0.497 e. The maximum atomic E-state index is 5.84. The summed E-state index contributed by atoms with van der Waals surface area (Å²) in [5.41, 5.74) is 3.36. The lowest BCUT2D eigenvalue weighted by Crippen LogP contribution is -2.15. The van der Waals surface area contributed by atoms with Crippen LogP contribution in [0, 0.1) is 0 Å². The van der Waals surface area contributed by atoms with Crippen LogP contribution in [0.3, 0.4) is 0 Å². The molecular weight excluding hydrogens is 400 g/mol. The third kappa shape index (κ3) is 2.75. The fraction of sp³-hybridized carbons (Fsp3) is 0.167. The van der Waals surface area contributed by atoms with Crippen molar-refractivity contribution in [2.45, 2.75) is 0 Å². The second-order valence-corrected chi connectivity index (χ2v) is 8.15. The maximum absolute atomic E-state index is 5.84. The van der Waals surface area contributed by atoms with Crippen LogP contribution >= 0.6 is 11.3 Å². The molecule has 5 nitrogen and oxygen atoms in total. The summed E-state index contributed by atoms with van der Waals surface area (Å²) in [5, 5.41) is 1.13. The number of benzene rings is 3. The summed E-state index contributed by atoms with van der Waals surface area (Å²) < 4.78 is 29.3. The molecule has 0 aliphatic carbocycles. The third-order valence-corrected chi connectivity index (χ3v) is 6.57. The van der Waals surface area contributed by atoms with Gasteiger partial charge in [-0.15, -0.1) is 11.3 Å². The molecule has 0 radical (unpaired) electrons. The van der Waals surface area contributed by atoms with Gasteiger partial charge in [0.05, 0.1) is 7.11 Å². The number of rotatable bonds is 3. The van der Waals surface area contributed by atoms with E-state index in [1.807, 2.05) is 18.2 Å². The summed E-state index contributed by atoms with van der Waals surface area (Å²) in [6.45, 7) is 1.40. The summed E-state index contributed by atoms with van der Waals surface area (Å²) in [7, 11) is 1.68. The average molecular weight is 418 g/mol. The summed E-state index contributed by atoms with van der Waals surface area (Å²) in [6.07, 6.45) is 0. The molecule has 0 spiro atoms. The minimum atomic E-state index is 0.261. The first kappa shape index (κ1) is 17.5. The van der Waals surface area contributed by atoms with Crippen molar-refractivity contribution in [2.24, 2.45) is 0 Å². The highest BCUT2D eigenvalue weighted by molar-refractivity contribution is 7.23. The van der Waals surface area contributed by atoms with Gasteiger partial charge >= 0.3 is 0 Å². The van der Waals surface area contributed by atoms with Gasteiger partial charge in [0, 0.05) is 26.6 Å². The second-order valence-electron chi connectivity index (χ2n) is 7.09. The second kappa shape index (κ2) is 6.85. The van der Waals surface area contributed by atoms with Gasteiger partial charge in [0.2, 0.25) is 6.79 Å². The molecule has 0 saturated heterocycles. The van der Waals surface area contributed by atoms with Crippen molar-refractivity contribution in [1.82, 2.24) is 0 Å². The van der Waals surface area contributed by atoms with Crippen molar-refractivity contribution in [1.29, 1.82) is 0 Å². The molecule has 1 aromatic heterocycles. The van der Waals surface area contributed by atoms with E-state index in [9.17, 15) is 0 Å². The number of fused-ring (bicyclic) bond motifs is 3. The van der Waals surface area contributed by atoms with Crippen LogP contribution in [-0.4, -0.2) is 27.1 Å². The molecule has 0 fully saturated rings. The zero-order valence-corrected chi connectivity index (χ0v) is 17.1. The van der Waals surface area contributed by atoms with Crippen LogP contribution in [0.1, 0.15) is 0 Å². The van der Waals surface area contributed by atoms with Crippen molar-refractivity contribution < 1.29 is 23.7 Å². The Balaban J connectivity index is 1.59. The number of ether oxygens (including phenoxy) is 5. The van der Waals surface area contributed by atoms with Crippen LogP contribution in [0.4, 0.5) is 0 Å². The van der Waals surface area contributed by atoms with Gasteiger partial charge in [-0.25, -0.2) is 0 Å². The van der Waals surface area contributed by atoms with Gasteiger partial charge in [-0.3, -0.25) is 0 Å². The molecular formula is C24H18O5S. The van der Waals surface area contributed by atoms with E-state index in [0.29, 0.717) is 13.2 Å². The van der Waals surface area contributed by atoms with Crippen molar-refractivity contribution in [2.75, 3.05) is 27.1 Å². The van der Waals surface area contributed by atoms with Crippen LogP contribution in [0.15, 0.2) is 54.6 Å². The molecule has 2 aliphatic rings. The predicted octanol–water partition coefficient (Wildman–Crippen LogP) is 5.74. The van der Waals surface area contributed by atoms with E-state index in [4.69, 9.17) is 23.7 Å². The molecule has 3 heterocycles. The smallest absolute Gasteiger partial charge is 0.231 e. The number of methoxy groups -OCH3 is 1. The van der Waals surface area contributed by atoms with E-state index in [2.05, 4.69) is 36.4 Å². The molecule has 0 saturated carbocycles. The zero-order valence-electron chi connectivity index (χ0n) is 16.3. The standard InChI is InChI=1S/C24H18O5S/c1-25-16-5-2-14(3-6-16)24-23(15-4-7-18-19(10-15)27-9-8-26-18)17-11-20-21(29-13-28-20)12-22(17)30-24/h2-7,10-12H,8-9,13H2,1H3. The fourth-order valence-corrected chi connectivity index (χ4v) is 5.16. The van der Waals surface area contributed by atoms with Crippen LogP contribution < -0.4 is 23.7 Å². The summed E-state index contributed by atoms with van der Waals surface area (Å²) in [6, 6.07) is 18.4. The Morgan fingerprint density at radius 1 is 0.733 bits per heavy atom. The first-order valence-corrected chi connectivity index (χ1v) is 10.5. The average Bonchev–Trinajstić information content (AvgIpc) is 3.41. The molecule has 0 atom stereocenters. The van der Waals surface area contributed by atoms with Crippen molar-refractivity contribution in [3.05, 3.63) is 54.6 Å². The maximum Gasteiger partial charge on any atom is 0.231 e. The van der Waals surface area contributed by atoms with Gasteiger partial charge in [-0.05, 0) is 53.6 Å². The highest BCUT2D eigenvalue weighted by Crippen LogP contribution is 2.50. The Morgan fingerprint density at radius 2 is 1.43 bits per heavy atom. The highest BCUT2D eigenvalue weighted by Gasteiger charge is 2.23. The lowest BCUT2D eigenvalue weighted by Gasteiger charge is -2.19. The minimum absolute atomic E-state index is 0.261. The fourth-order valence-electron chi connectivity index (χ4n) is 3.92. The lowest BCUT2D eigenvalue weighted by molar-refractivity contribution is 0.171. The normalized spacial score (nSPS) is 14.2. The number of hydrogen-bond acceptors (Lipinski definition) is 6. The largest absolute Gasteiger partial charge is 0.497 e. The first-order chi connectivity index (χ1) is 14.8. The molecule has 0 N–H and O–H groups in total. The van der Waals surface area contributed by atoms with Crippen molar-refractivity contribution in [3.8, 4) is 50.3 Å². The third-order valence-electron chi connectivity index (χ3n) is 5.37. The van der Waals surface area contributed by atoms with E-state index in [0.717, 1.165) is 55.5 Å². The lowest BCUT2D eigenvalue weighted by atomic mass is 9.98.